The van der Waals surface area contributed by atoms with E-state index >= 15 is 0 Å². The lowest BCUT2D eigenvalue weighted by Gasteiger charge is -2.27. The van der Waals surface area contributed by atoms with E-state index in [0.29, 0.717) is 6.04 Å². The van der Waals surface area contributed by atoms with Crippen molar-refractivity contribution >= 4 is 0 Å². The van der Waals surface area contributed by atoms with Crippen LogP contribution in [0.5, 0.6) is 0 Å². The summed E-state index contributed by atoms with van der Waals surface area (Å²) >= 11 is 0. The molecule has 18 heavy (non-hydrogen) atoms. The third kappa shape index (κ3) is 2.76. The highest BCUT2D eigenvalue weighted by atomic mass is 15.1. The Balaban J connectivity index is 1.75. The van der Waals surface area contributed by atoms with Crippen LogP contribution in [0.2, 0.25) is 0 Å². The first kappa shape index (κ1) is 12.2. The van der Waals surface area contributed by atoms with Crippen LogP contribution in [0.15, 0.2) is 24.3 Å². The van der Waals surface area contributed by atoms with E-state index in [4.69, 9.17) is 0 Å². The largest absolute Gasteiger partial charge is 0.310 e. The fourth-order valence-corrected chi connectivity index (χ4v) is 3.32. The second-order valence-electron chi connectivity index (χ2n) is 5.68. The van der Waals surface area contributed by atoms with Crippen molar-refractivity contribution in [2.45, 2.75) is 44.7 Å². The van der Waals surface area contributed by atoms with Crippen LogP contribution in [0.4, 0.5) is 0 Å². The van der Waals surface area contributed by atoms with Gasteiger partial charge in [-0.05, 0) is 56.4 Å². The molecule has 1 N–H and O–H groups in total. The van der Waals surface area contributed by atoms with Gasteiger partial charge in [-0.15, -0.1) is 0 Å². The second kappa shape index (κ2) is 5.85. The Kier molecular flexibility index (Phi) is 3.96. The molecule has 1 unspecified atom stereocenters. The Morgan fingerprint density at radius 1 is 1.06 bits per heavy atom. The van der Waals surface area contributed by atoms with E-state index in [0.717, 1.165) is 6.54 Å². The van der Waals surface area contributed by atoms with E-state index in [2.05, 4.69) is 34.5 Å². The van der Waals surface area contributed by atoms with Crippen LogP contribution in [-0.2, 0) is 6.54 Å². The van der Waals surface area contributed by atoms with Gasteiger partial charge in [-0.25, -0.2) is 0 Å². The summed E-state index contributed by atoms with van der Waals surface area (Å²) in [4.78, 5) is 2.60. The maximum atomic E-state index is 3.68. The summed E-state index contributed by atoms with van der Waals surface area (Å²) in [7, 11) is 0. The van der Waals surface area contributed by atoms with Crippen molar-refractivity contribution in [2.24, 2.45) is 0 Å². The first-order valence-corrected chi connectivity index (χ1v) is 7.47. The van der Waals surface area contributed by atoms with Crippen molar-refractivity contribution in [1.82, 2.24) is 10.2 Å². The van der Waals surface area contributed by atoms with Crippen molar-refractivity contribution in [3.05, 3.63) is 35.4 Å². The number of hydrogen-bond acceptors (Lipinski definition) is 2. The zero-order valence-corrected chi connectivity index (χ0v) is 11.2. The van der Waals surface area contributed by atoms with E-state index in [1.54, 1.807) is 11.1 Å². The molecule has 2 heteroatoms. The van der Waals surface area contributed by atoms with Crippen molar-refractivity contribution in [2.75, 3.05) is 19.6 Å². The summed E-state index contributed by atoms with van der Waals surface area (Å²) in [5.74, 6) is 0. The number of benzene rings is 1. The van der Waals surface area contributed by atoms with Crippen LogP contribution < -0.4 is 5.32 Å². The van der Waals surface area contributed by atoms with Gasteiger partial charge in [-0.1, -0.05) is 30.7 Å². The summed E-state index contributed by atoms with van der Waals surface area (Å²) < 4.78 is 0. The van der Waals surface area contributed by atoms with Gasteiger partial charge in [0.25, 0.3) is 0 Å². The SMILES string of the molecule is c1ccc(C2CCCCN2)c(CN2CCCC2)c1. The van der Waals surface area contributed by atoms with Gasteiger partial charge in [-0.2, -0.15) is 0 Å². The predicted molar refractivity (Wildman–Crippen MR) is 75.5 cm³/mol. The molecule has 0 spiro atoms. The highest BCUT2D eigenvalue weighted by molar-refractivity contribution is 5.30. The van der Waals surface area contributed by atoms with Gasteiger partial charge in [0.05, 0.1) is 0 Å². The molecule has 1 atom stereocenters. The molecule has 98 valence electrons. The molecule has 2 nitrogen and oxygen atoms in total. The molecule has 0 aliphatic carbocycles. The molecule has 0 saturated carbocycles. The highest BCUT2D eigenvalue weighted by Gasteiger charge is 2.19. The smallest absolute Gasteiger partial charge is 0.0323 e. The number of rotatable bonds is 3. The van der Waals surface area contributed by atoms with E-state index < -0.39 is 0 Å². The fraction of sp³-hybridized carbons (Fsp3) is 0.625. The fourth-order valence-electron chi connectivity index (χ4n) is 3.32. The molecule has 2 aliphatic heterocycles. The molecular weight excluding hydrogens is 220 g/mol. The molecule has 0 bridgehead atoms. The maximum Gasteiger partial charge on any atom is 0.0323 e. The molecule has 2 heterocycles. The van der Waals surface area contributed by atoms with Crippen LogP contribution in [0.25, 0.3) is 0 Å². The lowest BCUT2D eigenvalue weighted by Crippen LogP contribution is -2.28. The average Bonchev–Trinajstić information content (AvgIpc) is 2.93. The minimum Gasteiger partial charge on any atom is -0.310 e. The molecule has 3 rings (SSSR count). The van der Waals surface area contributed by atoms with E-state index in [-0.39, 0.29) is 0 Å². The summed E-state index contributed by atoms with van der Waals surface area (Å²) in [5.41, 5.74) is 3.09. The standard InChI is InChI=1S/C16H24N2/c1-2-8-15(16-9-3-4-10-17-16)14(7-1)13-18-11-5-6-12-18/h1-2,7-8,16-17H,3-6,9-13H2. The normalized spacial score (nSPS) is 25.4. The first-order valence-electron chi connectivity index (χ1n) is 7.47. The van der Waals surface area contributed by atoms with E-state index in [1.165, 1.54) is 51.7 Å². The van der Waals surface area contributed by atoms with E-state index in [9.17, 15) is 0 Å². The minimum absolute atomic E-state index is 0.595. The molecule has 2 saturated heterocycles. The Morgan fingerprint density at radius 2 is 1.89 bits per heavy atom. The molecule has 1 aromatic carbocycles. The quantitative estimate of drug-likeness (QED) is 0.879. The second-order valence-corrected chi connectivity index (χ2v) is 5.68. The monoisotopic (exact) mass is 244 g/mol. The molecule has 2 aliphatic rings. The number of piperidine rings is 1. The molecule has 0 amide bonds. The summed E-state index contributed by atoms with van der Waals surface area (Å²) in [6.45, 7) is 4.90. The molecule has 1 aromatic rings. The maximum absolute atomic E-state index is 3.68. The van der Waals surface area contributed by atoms with Crippen LogP contribution in [0.3, 0.4) is 0 Å². The number of nitrogens with zero attached hydrogens (tertiary/aromatic N) is 1. The molecule has 2 fully saturated rings. The van der Waals surface area contributed by atoms with Gasteiger partial charge in [0.2, 0.25) is 0 Å². The van der Waals surface area contributed by atoms with Gasteiger partial charge in [0.15, 0.2) is 0 Å². The lowest BCUT2D eigenvalue weighted by molar-refractivity contribution is 0.326. The first-order chi connectivity index (χ1) is 8.93. The Morgan fingerprint density at radius 3 is 2.67 bits per heavy atom. The van der Waals surface area contributed by atoms with Crippen LogP contribution in [0, 0.1) is 0 Å². The molecular formula is C16H24N2. The highest BCUT2D eigenvalue weighted by Crippen LogP contribution is 2.27. The summed E-state index contributed by atoms with van der Waals surface area (Å²) in [6.07, 6.45) is 6.77. The van der Waals surface area contributed by atoms with Gasteiger partial charge in [0, 0.05) is 12.6 Å². The topological polar surface area (TPSA) is 15.3 Å². The number of likely N-dealkylation sites (tertiary alicyclic amines) is 1. The zero-order chi connectivity index (χ0) is 12.2. The number of hydrogen-bond donors (Lipinski definition) is 1. The van der Waals surface area contributed by atoms with E-state index in [1.807, 2.05) is 0 Å². The predicted octanol–water partition coefficient (Wildman–Crippen LogP) is 3.10. The van der Waals surface area contributed by atoms with Crippen LogP contribution in [-0.4, -0.2) is 24.5 Å². The van der Waals surface area contributed by atoms with Crippen molar-refractivity contribution < 1.29 is 0 Å². The minimum atomic E-state index is 0.595. The van der Waals surface area contributed by atoms with Crippen molar-refractivity contribution in [1.29, 1.82) is 0 Å². The van der Waals surface area contributed by atoms with Gasteiger partial charge in [-0.3, -0.25) is 4.90 Å². The lowest BCUT2D eigenvalue weighted by atomic mass is 9.93. The molecule has 0 radical (unpaired) electrons. The van der Waals surface area contributed by atoms with Crippen LogP contribution in [0.1, 0.15) is 49.3 Å². The summed E-state index contributed by atoms with van der Waals surface area (Å²) in [5, 5.41) is 3.68. The summed E-state index contributed by atoms with van der Waals surface area (Å²) in [6, 6.07) is 9.63. The third-order valence-corrected chi connectivity index (χ3v) is 4.33. The Bertz CT molecular complexity index is 376. The Hall–Kier alpha value is -0.860. The zero-order valence-electron chi connectivity index (χ0n) is 11.2. The molecule has 0 aromatic heterocycles. The number of nitrogens with one attached hydrogen (secondary N) is 1. The van der Waals surface area contributed by atoms with Gasteiger partial charge < -0.3 is 5.32 Å². The Labute approximate surface area is 110 Å². The van der Waals surface area contributed by atoms with Gasteiger partial charge in [0.1, 0.15) is 0 Å². The third-order valence-electron chi connectivity index (χ3n) is 4.33. The van der Waals surface area contributed by atoms with Gasteiger partial charge >= 0.3 is 0 Å². The average molecular weight is 244 g/mol. The van der Waals surface area contributed by atoms with Crippen LogP contribution >= 0.6 is 0 Å². The van der Waals surface area contributed by atoms with Crippen molar-refractivity contribution in [3.63, 3.8) is 0 Å². The van der Waals surface area contributed by atoms with Crippen molar-refractivity contribution in [3.8, 4) is 0 Å².